The molecule has 3 rings (SSSR count). The van der Waals surface area contributed by atoms with E-state index >= 15 is 0 Å². The van der Waals surface area contributed by atoms with Crippen LogP contribution in [0, 0.1) is 12.3 Å². The Balaban J connectivity index is 2.09. The first kappa shape index (κ1) is 11.9. The highest BCUT2D eigenvalue weighted by Gasteiger charge is 2.07. The van der Waals surface area contributed by atoms with Gasteiger partial charge in [0.25, 0.3) is 0 Å². The van der Waals surface area contributed by atoms with E-state index in [-0.39, 0.29) is 5.56 Å². The van der Waals surface area contributed by atoms with E-state index < -0.39 is 5.97 Å². The first-order chi connectivity index (χ1) is 9.69. The van der Waals surface area contributed by atoms with Gasteiger partial charge in [-0.05, 0) is 30.2 Å². The van der Waals surface area contributed by atoms with Crippen LogP contribution in [0.15, 0.2) is 42.6 Å². The molecule has 0 amide bonds. The van der Waals surface area contributed by atoms with Crippen molar-refractivity contribution in [2.45, 2.75) is 0 Å². The molecule has 96 valence electrons. The van der Waals surface area contributed by atoms with E-state index in [0.29, 0.717) is 17.0 Å². The quantitative estimate of drug-likeness (QED) is 0.719. The Morgan fingerprint density at radius 2 is 1.95 bits per heavy atom. The largest absolute Gasteiger partial charge is 0.478 e. The van der Waals surface area contributed by atoms with Gasteiger partial charge < -0.3 is 5.11 Å². The smallest absolute Gasteiger partial charge is 0.335 e. The van der Waals surface area contributed by atoms with Crippen molar-refractivity contribution in [2.24, 2.45) is 0 Å². The number of nitrogens with zero attached hydrogens (tertiary/aromatic N) is 3. The van der Waals surface area contributed by atoms with Gasteiger partial charge in [0.05, 0.1) is 17.5 Å². The molecular weight excluding hydrogens is 254 g/mol. The number of imidazole rings is 1. The zero-order valence-electron chi connectivity index (χ0n) is 10.3. The average molecular weight is 263 g/mol. The Morgan fingerprint density at radius 3 is 2.60 bits per heavy atom. The fourth-order valence-electron chi connectivity index (χ4n) is 1.91. The first-order valence-corrected chi connectivity index (χ1v) is 5.84. The number of benzene rings is 1. The van der Waals surface area contributed by atoms with E-state index in [1.54, 1.807) is 35.0 Å². The van der Waals surface area contributed by atoms with Crippen LogP contribution < -0.4 is 0 Å². The van der Waals surface area contributed by atoms with Gasteiger partial charge in [-0.15, -0.1) is 6.42 Å². The molecule has 5 nitrogen and oxygen atoms in total. The summed E-state index contributed by atoms with van der Waals surface area (Å²) in [5.41, 5.74) is 2.99. The van der Waals surface area contributed by atoms with E-state index in [1.807, 2.05) is 12.1 Å². The second-order valence-corrected chi connectivity index (χ2v) is 4.16. The molecule has 0 spiro atoms. The molecule has 0 radical (unpaired) electrons. The lowest BCUT2D eigenvalue weighted by molar-refractivity contribution is 0.0697. The van der Waals surface area contributed by atoms with Crippen molar-refractivity contribution in [2.75, 3.05) is 0 Å². The van der Waals surface area contributed by atoms with Gasteiger partial charge in [-0.2, -0.15) is 5.10 Å². The lowest BCUT2D eigenvalue weighted by Crippen LogP contribution is -1.98. The maximum Gasteiger partial charge on any atom is 0.335 e. The minimum absolute atomic E-state index is 0.238. The van der Waals surface area contributed by atoms with Crippen molar-refractivity contribution in [3.8, 4) is 23.6 Å². The SMILES string of the molecule is C#Cc1cnc2ccc(-c3ccc(C(=O)O)cc3)nn12. The van der Waals surface area contributed by atoms with E-state index in [4.69, 9.17) is 11.5 Å². The van der Waals surface area contributed by atoms with Gasteiger partial charge >= 0.3 is 5.97 Å². The number of hydrogen-bond acceptors (Lipinski definition) is 3. The highest BCUT2D eigenvalue weighted by molar-refractivity contribution is 5.88. The van der Waals surface area contributed by atoms with Gasteiger partial charge in [-0.25, -0.2) is 14.3 Å². The van der Waals surface area contributed by atoms with Crippen molar-refractivity contribution < 1.29 is 9.90 Å². The fourth-order valence-corrected chi connectivity index (χ4v) is 1.91. The number of carboxylic acid groups (broad SMARTS) is 1. The van der Waals surface area contributed by atoms with Crippen LogP contribution >= 0.6 is 0 Å². The molecule has 20 heavy (non-hydrogen) atoms. The molecule has 1 N–H and O–H groups in total. The van der Waals surface area contributed by atoms with Crippen LogP contribution in [0.5, 0.6) is 0 Å². The summed E-state index contributed by atoms with van der Waals surface area (Å²) in [6, 6.07) is 10.1. The Bertz CT molecular complexity index is 842. The van der Waals surface area contributed by atoms with E-state index in [0.717, 1.165) is 5.56 Å². The molecule has 0 aliphatic heterocycles. The van der Waals surface area contributed by atoms with Crippen molar-refractivity contribution in [1.82, 2.24) is 14.6 Å². The minimum Gasteiger partial charge on any atom is -0.478 e. The van der Waals surface area contributed by atoms with Crippen molar-refractivity contribution >= 4 is 11.6 Å². The van der Waals surface area contributed by atoms with Crippen LogP contribution in [0.3, 0.4) is 0 Å². The summed E-state index contributed by atoms with van der Waals surface area (Å²) in [4.78, 5) is 15.0. The monoisotopic (exact) mass is 263 g/mol. The van der Waals surface area contributed by atoms with Crippen molar-refractivity contribution in [1.29, 1.82) is 0 Å². The molecule has 0 fully saturated rings. The molecule has 3 aromatic rings. The number of aromatic carboxylic acids is 1. The summed E-state index contributed by atoms with van der Waals surface area (Å²) in [6.45, 7) is 0. The lowest BCUT2D eigenvalue weighted by atomic mass is 10.1. The summed E-state index contributed by atoms with van der Waals surface area (Å²) >= 11 is 0. The second kappa shape index (κ2) is 4.52. The summed E-state index contributed by atoms with van der Waals surface area (Å²) in [6.07, 6.45) is 6.97. The molecule has 0 saturated heterocycles. The van der Waals surface area contributed by atoms with E-state index in [2.05, 4.69) is 16.0 Å². The molecule has 0 saturated carbocycles. The molecule has 2 heterocycles. The van der Waals surface area contributed by atoms with Crippen LogP contribution in [-0.4, -0.2) is 25.7 Å². The van der Waals surface area contributed by atoms with Gasteiger partial charge in [0.15, 0.2) is 5.65 Å². The Hall–Kier alpha value is -3.13. The summed E-state index contributed by atoms with van der Waals surface area (Å²) in [5, 5.41) is 13.3. The van der Waals surface area contributed by atoms with E-state index in [1.165, 1.54) is 0 Å². The number of carboxylic acids is 1. The van der Waals surface area contributed by atoms with Crippen molar-refractivity contribution in [3.63, 3.8) is 0 Å². The Labute approximate surface area is 114 Å². The lowest BCUT2D eigenvalue weighted by Gasteiger charge is -2.03. The van der Waals surface area contributed by atoms with Crippen LogP contribution in [0.25, 0.3) is 16.9 Å². The molecule has 0 unspecified atom stereocenters. The average Bonchev–Trinajstić information content (AvgIpc) is 2.89. The number of carbonyl (C=O) groups is 1. The normalized spacial score (nSPS) is 10.3. The molecule has 0 atom stereocenters. The molecule has 2 aromatic heterocycles. The Kier molecular flexibility index (Phi) is 2.70. The topological polar surface area (TPSA) is 67.5 Å². The van der Waals surface area contributed by atoms with Crippen molar-refractivity contribution in [3.05, 3.63) is 53.9 Å². The fraction of sp³-hybridized carbons (Fsp3) is 0. The molecule has 1 aromatic carbocycles. The first-order valence-electron chi connectivity index (χ1n) is 5.84. The summed E-state index contributed by atoms with van der Waals surface area (Å²) < 4.78 is 1.58. The highest BCUT2D eigenvalue weighted by atomic mass is 16.4. The minimum atomic E-state index is -0.954. The zero-order valence-corrected chi connectivity index (χ0v) is 10.3. The van der Waals surface area contributed by atoms with Gasteiger partial charge in [-0.1, -0.05) is 12.1 Å². The zero-order chi connectivity index (χ0) is 14.1. The van der Waals surface area contributed by atoms with Gasteiger partial charge in [-0.3, -0.25) is 0 Å². The molecule has 0 aliphatic carbocycles. The van der Waals surface area contributed by atoms with Crippen LogP contribution in [-0.2, 0) is 0 Å². The number of rotatable bonds is 2. The van der Waals surface area contributed by atoms with Crippen LogP contribution in [0.2, 0.25) is 0 Å². The maximum atomic E-state index is 10.8. The molecular formula is C15H9N3O2. The maximum absolute atomic E-state index is 10.8. The third-order valence-corrected chi connectivity index (χ3v) is 2.94. The third kappa shape index (κ3) is 1.89. The standard InChI is InChI=1S/C15H9N3O2/c1-2-12-9-16-14-8-7-13(17-18(12)14)10-3-5-11(6-4-10)15(19)20/h1,3-9H,(H,19,20). The van der Waals surface area contributed by atoms with Gasteiger partial charge in [0.1, 0.15) is 5.69 Å². The van der Waals surface area contributed by atoms with Crippen LogP contribution in [0.1, 0.15) is 16.1 Å². The Morgan fingerprint density at radius 1 is 1.20 bits per heavy atom. The highest BCUT2D eigenvalue weighted by Crippen LogP contribution is 2.18. The summed E-state index contributed by atoms with van der Waals surface area (Å²) in [7, 11) is 0. The molecule has 0 bridgehead atoms. The number of hydrogen-bond donors (Lipinski definition) is 1. The molecule has 5 heteroatoms. The van der Waals surface area contributed by atoms with Gasteiger partial charge in [0.2, 0.25) is 0 Å². The second-order valence-electron chi connectivity index (χ2n) is 4.16. The van der Waals surface area contributed by atoms with E-state index in [9.17, 15) is 4.79 Å². The predicted octanol–water partition coefficient (Wildman–Crippen LogP) is 2.08. The predicted molar refractivity (Wildman–Crippen MR) is 73.3 cm³/mol. The number of fused-ring (bicyclic) bond motifs is 1. The third-order valence-electron chi connectivity index (χ3n) is 2.94. The number of aromatic nitrogens is 3. The van der Waals surface area contributed by atoms with Gasteiger partial charge in [0, 0.05) is 5.56 Å². The summed E-state index contributed by atoms with van der Waals surface area (Å²) in [5.74, 6) is 1.56. The van der Waals surface area contributed by atoms with Crippen LogP contribution in [0.4, 0.5) is 0 Å². The number of terminal acetylenes is 1. The molecule has 0 aliphatic rings.